The van der Waals surface area contributed by atoms with E-state index in [2.05, 4.69) is 15.1 Å². The van der Waals surface area contributed by atoms with Gasteiger partial charge in [0.25, 0.3) is 0 Å². The van der Waals surface area contributed by atoms with Gasteiger partial charge in [0.05, 0.1) is 33.8 Å². The Labute approximate surface area is 232 Å². The van der Waals surface area contributed by atoms with Crippen LogP contribution in [0.1, 0.15) is 46.6 Å². The van der Waals surface area contributed by atoms with Gasteiger partial charge in [0.2, 0.25) is 0 Å². The Bertz CT molecular complexity index is 1780. The van der Waals surface area contributed by atoms with Crippen molar-refractivity contribution < 1.29 is 30.8 Å². The number of hydrogen-bond donors (Lipinski definition) is 0. The summed E-state index contributed by atoms with van der Waals surface area (Å²) >= 11 is 0. The Morgan fingerprint density at radius 1 is 1.02 bits per heavy atom. The molecule has 210 valence electrons. The largest absolute Gasteiger partial charge is 0.416 e. The second-order valence-corrected chi connectivity index (χ2v) is 12.4. The van der Waals surface area contributed by atoms with Crippen LogP contribution in [0.4, 0.5) is 17.6 Å². The molecule has 7 nitrogen and oxygen atoms in total. The summed E-state index contributed by atoms with van der Waals surface area (Å²) in [5, 5.41) is 2.62. The number of carbonyl (C=O) groups excluding carboxylic acids is 1. The molecule has 0 amide bonds. The van der Waals surface area contributed by atoms with E-state index in [1.165, 1.54) is 18.3 Å². The van der Waals surface area contributed by atoms with Gasteiger partial charge < -0.3 is 0 Å². The standard InChI is InChI=1S/C29H22F4N4O3S/c30-21-5-7-22(8-6-21)37-25-13-19-4-9-23(41(39,40)26-14-20(10-12-35-26)29(31,32)33)16-28(19,15-18(25)17-36-37)27(38)24-3-1-2-11-34-24/h1-3,5-8,10-14,17,23H,4,9,15-16H2/t23-,28-/m0/s1. The van der Waals surface area contributed by atoms with Crippen molar-refractivity contribution in [2.24, 2.45) is 5.41 Å². The monoisotopic (exact) mass is 582 g/mol. The van der Waals surface area contributed by atoms with Crippen molar-refractivity contribution >= 4 is 21.7 Å². The van der Waals surface area contributed by atoms with Crippen LogP contribution in [-0.4, -0.2) is 39.2 Å². The van der Waals surface area contributed by atoms with Gasteiger partial charge in [-0.1, -0.05) is 11.6 Å². The van der Waals surface area contributed by atoms with Gasteiger partial charge in [-0.15, -0.1) is 0 Å². The van der Waals surface area contributed by atoms with Crippen LogP contribution >= 0.6 is 0 Å². The van der Waals surface area contributed by atoms with Crippen molar-refractivity contribution in [3.05, 3.63) is 107 Å². The first-order chi connectivity index (χ1) is 19.5. The number of Topliss-reactive ketones (excluding diaryl/α,β-unsaturated/α-hetero) is 1. The van der Waals surface area contributed by atoms with Crippen molar-refractivity contribution in [1.29, 1.82) is 0 Å². The van der Waals surface area contributed by atoms with Gasteiger partial charge in [-0.05, 0) is 85.9 Å². The normalized spacial score (nSPS) is 20.6. The summed E-state index contributed by atoms with van der Waals surface area (Å²) in [6.45, 7) is 0. The Balaban J connectivity index is 1.44. The molecule has 12 heteroatoms. The van der Waals surface area contributed by atoms with E-state index in [0.29, 0.717) is 34.7 Å². The summed E-state index contributed by atoms with van der Waals surface area (Å²) in [6, 6.07) is 11.9. The van der Waals surface area contributed by atoms with Gasteiger partial charge in [-0.2, -0.15) is 18.3 Å². The van der Waals surface area contributed by atoms with E-state index in [1.54, 1.807) is 41.2 Å². The lowest BCUT2D eigenvalue weighted by molar-refractivity contribution is -0.137. The Hall–Kier alpha value is -4.19. The van der Waals surface area contributed by atoms with E-state index in [9.17, 15) is 30.8 Å². The number of pyridine rings is 2. The first-order valence-electron chi connectivity index (χ1n) is 12.8. The van der Waals surface area contributed by atoms with Crippen LogP contribution in [0.25, 0.3) is 11.8 Å². The highest BCUT2D eigenvalue weighted by Crippen LogP contribution is 2.51. The molecule has 0 saturated heterocycles. The smallest absolute Gasteiger partial charge is 0.291 e. The second-order valence-electron chi connectivity index (χ2n) is 10.2. The van der Waals surface area contributed by atoms with E-state index in [-0.39, 0.29) is 37.2 Å². The third-order valence-corrected chi connectivity index (χ3v) is 9.90. The molecule has 3 heterocycles. The molecular weight excluding hydrogens is 560 g/mol. The van der Waals surface area contributed by atoms with E-state index < -0.39 is 43.1 Å². The summed E-state index contributed by atoms with van der Waals surface area (Å²) in [5.41, 5.74) is 0.401. The number of halogens is 4. The number of rotatable bonds is 5. The van der Waals surface area contributed by atoms with Gasteiger partial charge in [0.1, 0.15) is 11.5 Å². The quantitative estimate of drug-likeness (QED) is 0.223. The second kappa shape index (κ2) is 9.72. The van der Waals surface area contributed by atoms with Crippen LogP contribution < -0.4 is 0 Å². The predicted octanol–water partition coefficient (Wildman–Crippen LogP) is 5.66. The average Bonchev–Trinajstić information content (AvgIpc) is 3.38. The number of hydrogen-bond acceptors (Lipinski definition) is 6. The number of fused-ring (bicyclic) bond motifs is 2. The molecule has 2 atom stereocenters. The van der Waals surface area contributed by atoms with E-state index >= 15 is 0 Å². The Morgan fingerprint density at radius 2 is 1.80 bits per heavy atom. The molecule has 3 aromatic heterocycles. The highest BCUT2D eigenvalue weighted by atomic mass is 32.2. The number of aromatic nitrogens is 4. The Morgan fingerprint density at radius 3 is 2.51 bits per heavy atom. The Kier molecular flexibility index (Phi) is 6.40. The van der Waals surface area contributed by atoms with Crippen LogP contribution in [0.5, 0.6) is 0 Å². The molecule has 0 spiro atoms. The van der Waals surface area contributed by atoms with E-state index in [4.69, 9.17) is 0 Å². The topological polar surface area (TPSA) is 94.8 Å². The highest BCUT2D eigenvalue weighted by Gasteiger charge is 2.52. The van der Waals surface area contributed by atoms with Crippen molar-refractivity contribution in [1.82, 2.24) is 19.7 Å². The molecule has 0 bridgehead atoms. The van der Waals surface area contributed by atoms with Gasteiger partial charge >= 0.3 is 6.18 Å². The fourth-order valence-electron chi connectivity index (χ4n) is 5.77. The number of ketones is 1. The lowest BCUT2D eigenvalue weighted by atomic mass is 9.61. The van der Waals surface area contributed by atoms with Crippen LogP contribution in [0.2, 0.25) is 0 Å². The number of nitrogens with zero attached hydrogens (tertiary/aromatic N) is 4. The van der Waals surface area contributed by atoms with Crippen LogP contribution in [0.15, 0.2) is 83.8 Å². The molecule has 6 rings (SSSR count). The van der Waals surface area contributed by atoms with Gasteiger partial charge in [-0.3, -0.25) is 9.78 Å². The maximum Gasteiger partial charge on any atom is 0.416 e. The fraction of sp³-hybridized carbons (Fsp3) is 0.241. The molecule has 0 radical (unpaired) electrons. The third kappa shape index (κ3) is 4.65. The minimum Gasteiger partial charge on any atom is -0.291 e. The molecular formula is C29H22F4N4O3S. The number of allylic oxidation sites excluding steroid dienone is 1. The molecule has 1 aromatic carbocycles. The minimum absolute atomic E-state index is 0.0867. The number of benzene rings is 1. The highest BCUT2D eigenvalue weighted by molar-refractivity contribution is 7.92. The van der Waals surface area contributed by atoms with Gasteiger partial charge in [0.15, 0.2) is 20.6 Å². The maximum absolute atomic E-state index is 14.1. The van der Waals surface area contributed by atoms with E-state index in [1.807, 2.05) is 6.08 Å². The first-order valence-corrected chi connectivity index (χ1v) is 14.3. The number of sulfone groups is 1. The van der Waals surface area contributed by atoms with Crippen LogP contribution in [-0.2, 0) is 22.4 Å². The van der Waals surface area contributed by atoms with Gasteiger partial charge in [-0.25, -0.2) is 22.5 Å². The predicted molar refractivity (Wildman–Crippen MR) is 140 cm³/mol. The molecule has 2 aliphatic carbocycles. The molecule has 0 unspecified atom stereocenters. The molecule has 2 aliphatic rings. The van der Waals surface area contributed by atoms with E-state index in [0.717, 1.165) is 6.20 Å². The fourth-order valence-corrected chi connectivity index (χ4v) is 7.54. The molecule has 1 fully saturated rings. The lowest BCUT2D eigenvalue weighted by Crippen LogP contribution is -2.46. The minimum atomic E-state index is -4.74. The number of alkyl halides is 3. The molecule has 0 aliphatic heterocycles. The molecule has 4 aromatic rings. The zero-order chi connectivity index (χ0) is 29.0. The SMILES string of the molecule is O=C(c1ccccn1)[C@]12Cc3cnn(-c4ccc(F)cc4)c3C=C1CC[C@H](S(=O)(=O)c1cc(C(F)(F)F)ccn1)C2. The van der Waals surface area contributed by atoms with Gasteiger partial charge in [0, 0.05) is 12.4 Å². The maximum atomic E-state index is 14.1. The number of carbonyl (C=O) groups is 1. The van der Waals surface area contributed by atoms with Crippen LogP contribution in [0, 0.1) is 11.2 Å². The molecule has 41 heavy (non-hydrogen) atoms. The summed E-state index contributed by atoms with van der Waals surface area (Å²) in [5.74, 6) is -0.774. The average molecular weight is 583 g/mol. The molecule has 0 N–H and O–H groups in total. The van der Waals surface area contributed by atoms with Crippen LogP contribution in [0.3, 0.4) is 0 Å². The summed E-state index contributed by atoms with van der Waals surface area (Å²) in [6.07, 6.45) is 1.22. The van der Waals surface area contributed by atoms with Crippen molar-refractivity contribution in [3.8, 4) is 5.69 Å². The summed E-state index contributed by atoms with van der Waals surface area (Å²) < 4.78 is 82.6. The summed E-state index contributed by atoms with van der Waals surface area (Å²) in [4.78, 5) is 22.1. The molecule has 1 saturated carbocycles. The zero-order valence-corrected chi connectivity index (χ0v) is 22.2. The summed E-state index contributed by atoms with van der Waals surface area (Å²) in [7, 11) is -4.34. The van der Waals surface area contributed by atoms with Crippen molar-refractivity contribution in [2.45, 2.75) is 42.1 Å². The van der Waals surface area contributed by atoms with Crippen molar-refractivity contribution in [3.63, 3.8) is 0 Å². The third-order valence-electron chi connectivity index (χ3n) is 7.81. The first kappa shape index (κ1) is 27.0. The lowest BCUT2D eigenvalue weighted by Gasteiger charge is -2.43. The van der Waals surface area contributed by atoms with Crippen molar-refractivity contribution in [2.75, 3.05) is 0 Å². The zero-order valence-electron chi connectivity index (χ0n) is 21.3.